The summed E-state index contributed by atoms with van der Waals surface area (Å²) >= 11 is 0. The van der Waals surface area contributed by atoms with Crippen LogP contribution in [0.1, 0.15) is 0 Å². The molecule has 0 amide bonds. The quantitative estimate of drug-likeness (QED) is 0.773. The van der Waals surface area contributed by atoms with Crippen molar-refractivity contribution >= 4 is 28.4 Å². The normalized spacial score (nSPS) is 14.9. The molecule has 6 nitrogen and oxygen atoms in total. The van der Waals surface area contributed by atoms with Crippen LogP contribution in [0.5, 0.6) is 0 Å². The molecule has 0 aliphatic carbocycles. The van der Waals surface area contributed by atoms with Gasteiger partial charge in [-0.25, -0.2) is 9.97 Å². The van der Waals surface area contributed by atoms with Gasteiger partial charge >= 0.3 is 0 Å². The van der Waals surface area contributed by atoms with Gasteiger partial charge in [0, 0.05) is 50.3 Å². The van der Waals surface area contributed by atoms with Crippen molar-refractivity contribution < 1.29 is 0 Å². The summed E-state index contributed by atoms with van der Waals surface area (Å²) in [5.74, 6) is 1.58. The molecule has 0 aromatic carbocycles. The van der Waals surface area contributed by atoms with Crippen molar-refractivity contribution in [3.05, 3.63) is 48.8 Å². The van der Waals surface area contributed by atoms with E-state index in [2.05, 4.69) is 36.6 Å². The molecule has 0 unspecified atom stereocenters. The smallest absolute Gasteiger partial charge is 0.133 e. The molecule has 1 fully saturated rings. The van der Waals surface area contributed by atoms with Gasteiger partial charge in [-0.05, 0) is 30.3 Å². The molecule has 1 aliphatic rings. The van der Waals surface area contributed by atoms with Crippen molar-refractivity contribution in [2.45, 2.75) is 0 Å². The van der Waals surface area contributed by atoms with Gasteiger partial charge in [0.05, 0.1) is 11.0 Å². The third-order valence-corrected chi connectivity index (χ3v) is 3.94. The van der Waals surface area contributed by atoms with Crippen LogP contribution in [0.4, 0.5) is 17.3 Å². The molecular weight excluding hydrogens is 288 g/mol. The average Bonchev–Trinajstić information content (AvgIpc) is 2.63. The summed E-state index contributed by atoms with van der Waals surface area (Å²) in [5, 5.41) is 6.65. The molecule has 0 radical (unpaired) electrons. The largest absolute Gasteiger partial charge is 0.369 e. The molecule has 0 bridgehead atoms. The lowest BCUT2D eigenvalue weighted by atomic mass is 10.3. The molecule has 0 saturated carbocycles. The summed E-state index contributed by atoms with van der Waals surface area (Å²) < 4.78 is 0. The fourth-order valence-corrected chi connectivity index (χ4v) is 2.77. The van der Waals surface area contributed by atoms with Gasteiger partial charge < -0.3 is 15.5 Å². The molecule has 3 aromatic heterocycles. The Morgan fingerprint density at radius 2 is 1.83 bits per heavy atom. The molecule has 3 aromatic rings. The Labute approximate surface area is 134 Å². The van der Waals surface area contributed by atoms with Gasteiger partial charge in [0.1, 0.15) is 11.6 Å². The van der Waals surface area contributed by atoms with Crippen molar-refractivity contribution in [2.75, 3.05) is 36.4 Å². The maximum absolute atomic E-state index is 4.58. The van der Waals surface area contributed by atoms with E-state index in [1.807, 2.05) is 36.5 Å². The number of pyridine rings is 3. The lowest BCUT2D eigenvalue weighted by molar-refractivity contribution is 0.589. The van der Waals surface area contributed by atoms with E-state index >= 15 is 0 Å². The average molecular weight is 306 g/mol. The predicted molar refractivity (Wildman–Crippen MR) is 92.1 cm³/mol. The number of piperazine rings is 1. The molecule has 0 atom stereocenters. The van der Waals surface area contributed by atoms with Gasteiger partial charge in [0.15, 0.2) is 0 Å². The third kappa shape index (κ3) is 3.07. The van der Waals surface area contributed by atoms with E-state index in [0.717, 1.165) is 48.8 Å². The van der Waals surface area contributed by atoms with Crippen molar-refractivity contribution in [1.82, 2.24) is 20.3 Å². The van der Waals surface area contributed by atoms with Gasteiger partial charge in [-0.15, -0.1) is 0 Å². The minimum Gasteiger partial charge on any atom is -0.369 e. The van der Waals surface area contributed by atoms with Crippen LogP contribution in [0.2, 0.25) is 0 Å². The topological polar surface area (TPSA) is 66.0 Å². The van der Waals surface area contributed by atoms with Crippen LogP contribution in [0.15, 0.2) is 48.8 Å². The number of hydrogen-bond acceptors (Lipinski definition) is 6. The van der Waals surface area contributed by atoms with E-state index < -0.39 is 0 Å². The summed E-state index contributed by atoms with van der Waals surface area (Å²) in [4.78, 5) is 15.6. The summed E-state index contributed by atoms with van der Waals surface area (Å²) in [7, 11) is 0. The molecule has 1 aliphatic heterocycles. The highest BCUT2D eigenvalue weighted by atomic mass is 15.2. The summed E-state index contributed by atoms with van der Waals surface area (Å²) in [6.45, 7) is 4.07. The van der Waals surface area contributed by atoms with Crippen LogP contribution in [-0.2, 0) is 0 Å². The van der Waals surface area contributed by atoms with Crippen LogP contribution in [-0.4, -0.2) is 41.1 Å². The van der Waals surface area contributed by atoms with Crippen LogP contribution in [0, 0.1) is 0 Å². The van der Waals surface area contributed by atoms with E-state index in [-0.39, 0.29) is 0 Å². The predicted octanol–water partition coefficient (Wildman–Crippen LogP) is 2.18. The van der Waals surface area contributed by atoms with Crippen molar-refractivity contribution in [3.8, 4) is 0 Å². The Morgan fingerprint density at radius 1 is 0.913 bits per heavy atom. The second-order valence-corrected chi connectivity index (χ2v) is 5.50. The van der Waals surface area contributed by atoms with Gasteiger partial charge in [0.25, 0.3) is 0 Å². The minimum atomic E-state index is 0.774. The van der Waals surface area contributed by atoms with Crippen LogP contribution in [0.25, 0.3) is 11.0 Å². The number of fused-ring (bicyclic) bond motifs is 1. The molecule has 4 rings (SSSR count). The maximum Gasteiger partial charge on any atom is 0.133 e. The first-order chi connectivity index (χ1) is 11.4. The zero-order valence-corrected chi connectivity index (χ0v) is 12.7. The minimum absolute atomic E-state index is 0.774. The van der Waals surface area contributed by atoms with Gasteiger partial charge in [-0.3, -0.25) is 4.98 Å². The Morgan fingerprint density at radius 3 is 2.74 bits per heavy atom. The van der Waals surface area contributed by atoms with E-state index in [4.69, 9.17) is 0 Å². The first-order valence-corrected chi connectivity index (χ1v) is 7.79. The van der Waals surface area contributed by atoms with E-state index in [1.54, 1.807) is 6.20 Å². The highest BCUT2D eigenvalue weighted by molar-refractivity contribution is 5.76. The Kier molecular flexibility index (Phi) is 3.73. The number of rotatable bonds is 3. The van der Waals surface area contributed by atoms with Gasteiger partial charge in [0.2, 0.25) is 0 Å². The molecule has 116 valence electrons. The first kappa shape index (κ1) is 13.9. The lowest BCUT2D eigenvalue weighted by Gasteiger charge is -2.29. The third-order valence-electron chi connectivity index (χ3n) is 3.94. The summed E-state index contributed by atoms with van der Waals surface area (Å²) in [6.07, 6.45) is 3.61. The van der Waals surface area contributed by atoms with Crippen molar-refractivity contribution in [3.63, 3.8) is 0 Å². The second-order valence-electron chi connectivity index (χ2n) is 5.50. The number of nitrogens with zero attached hydrogens (tertiary/aromatic N) is 4. The number of anilines is 3. The fraction of sp³-hybridized carbons (Fsp3) is 0.235. The zero-order chi connectivity index (χ0) is 15.5. The molecule has 6 heteroatoms. The van der Waals surface area contributed by atoms with Crippen molar-refractivity contribution in [1.29, 1.82) is 0 Å². The monoisotopic (exact) mass is 306 g/mol. The zero-order valence-electron chi connectivity index (χ0n) is 12.7. The molecule has 0 spiro atoms. The van der Waals surface area contributed by atoms with E-state index in [0.29, 0.717) is 0 Å². The Balaban J connectivity index is 1.57. The van der Waals surface area contributed by atoms with Gasteiger partial charge in [-0.2, -0.15) is 0 Å². The van der Waals surface area contributed by atoms with Crippen LogP contribution in [0.3, 0.4) is 0 Å². The highest BCUT2D eigenvalue weighted by Crippen LogP contribution is 2.21. The number of hydrogen-bond donors (Lipinski definition) is 2. The van der Waals surface area contributed by atoms with Crippen molar-refractivity contribution in [2.24, 2.45) is 0 Å². The summed E-state index contributed by atoms with van der Waals surface area (Å²) in [6, 6.07) is 11.9. The fourth-order valence-electron chi connectivity index (χ4n) is 2.77. The Bertz CT molecular complexity index is 813. The van der Waals surface area contributed by atoms with Gasteiger partial charge in [-0.1, -0.05) is 0 Å². The summed E-state index contributed by atoms with van der Waals surface area (Å²) in [5.41, 5.74) is 2.95. The van der Waals surface area contributed by atoms with E-state index in [1.165, 1.54) is 5.69 Å². The second kappa shape index (κ2) is 6.18. The molecule has 4 heterocycles. The van der Waals surface area contributed by atoms with Crippen LogP contribution >= 0.6 is 0 Å². The molecular formula is C17H18N6. The first-order valence-electron chi connectivity index (χ1n) is 7.79. The number of aromatic nitrogens is 3. The maximum atomic E-state index is 4.58. The number of nitrogens with one attached hydrogen (secondary N) is 2. The Hall–Kier alpha value is -2.73. The highest BCUT2D eigenvalue weighted by Gasteiger charge is 2.11. The molecule has 1 saturated heterocycles. The lowest BCUT2D eigenvalue weighted by Crippen LogP contribution is -2.43. The van der Waals surface area contributed by atoms with Crippen LogP contribution < -0.4 is 15.5 Å². The molecule has 23 heavy (non-hydrogen) atoms. The standard InChI is InChI=1S/C17H18N6/c1-2-15-14(19-6-1)3-4-16(21-15)22-17-12-13(5-7-20-17)23-10-8-18-9-11-23/h1-7,12,18H,8-11H2,(H,20,21,22). The molecule has 2 N–H and O–H groups in total. The SMILES string of the molecule is c1cnc2ccc(Nc3cc(N4CCNCC4)ccn3)nc2c1. The van der Waals surface area contributed by atoms with E-state index in [9.17, 15) is 0 Å².